The molecule has 22 heavy (non-hydrogen) atoms. The molecule has 0 saturated heterocycles. The fourth-order valence-corrected chi connectivity index (χ4v) is 2.72. The van der Waals surface area contributed by atoms with Crippen molar-refractivity contribution in [1.29, 1.82) is 0 Å². The molecule has 1 saturated carbocycles. The third kappa shape index (κ3) is 2.58. The van der Waals surface area contributed by atoms with Gasteiger partial charge in [0.05, 0.1) is 5.92 Å². The number of fused-ring (bicyclic) bond motifs is 1. The summed E-state index contributed by atoms with van der Waals surface area (Å²) in [6.07, 6.45) is 1.74. The summed E-state index contributed by atoms with van der Waals surface area (Å²) in [5.41, 5.74) is 0.737. The van der Waals surface area contributed by atoms with E-state index < -0.39 is 17.9 Å². The highest BCUT2D eigenvalue weighted by atomic mass is 16.4. The Morgan fingerprint density at radius 1 is 1.27 bits per heavy atom. The van der Waals surface area contributed by atoms with Gasteiger partial charge in [0, 0.05) is 11.4 Å². The Morgan fingerprint density at radius 2 is 1.95 bits per heavy atom. The molecule has 1 heterocycles. The van der Waals surface area contributed by atoms with Crippen molar-refractivity contribution in [2.45, 2.75) is 44.7 Å². The molecule has 5 nitrogen and oxygen atoms in total. The fraction of sp³-hybridized carbons (Fsp3) is 0.412. The quantitative estimate of drug-likeness (QED) is 0.921. The van der Waals surface area contributed by atoms with Gasteiger partial charge in [0.25, 0.3) is 0 Å². The number of carbonyl (C=O) groups excluding carboxylic acids is 1. The lowest BCUT2D eigenvalue weighted by Gasteiger charge is -2.28. The van der Waals surface area contributed by atoms with E-state index in [4.69, 9.17) is 4.42 Å². The Labute approximate surface area is 128 Å². The molecular weight excluding hydrogens is 282 g/mol. The van der Waals surface area contributed by atoms with E-state index in [0.717, 1.165) is 23.8 Å². The van der Waals surface area contributed by atoms with E-state index >= 15 is 0 Å². The van der Waals surface area contributed by atoms with Gasteiger partial charge in [-0.05, 0) is 38.8 Å². The van der Waals surface area contributed by atoms with Crippen LogP contribution in [0.4, 0.5) is 0 Å². The van der Waals surface area contributed by atoms with Gasteiger partial charge in [0.1, 0.15) is 17.4 Å². The number of carboxylic acid groups (broad SMARTS) is 1. The number of amides is 1. The van der Waals surface area contributed by atoms with Crippen LogP contribution in [0, 0.1) is 0 Å². The molecule has 2 aromatic rings. The number of furan rings is 1. The fourth-order valence-electron chi connectivity index (χ4n) is 2.72. The van der Waals surface area contributed by atoms with Crippen molar-refractivity contribution >= 4 is 22.8 Å². The number of benzene rings is 1. The summed E-state index contributed by atoms with van der Waals surface area (Å²) >= 11 is 0. The second kappa shape index (κ2) is 5.48. The van der Waals surface area contributed by atoms with Gasteiger partial charge in [-0.15, -0.1) is 0 Å². The zero-order valence-corrected chi connectivity index (χ0v) is 12.7. The lowest BCUT2D eigenvalue weighted by molar-refractivity contribution is -0.150. The van der Waals surface area contributed by atoms with Crippen molar-refractivity contribution in [3.8, 4) is 0 Å². The smallest absolute Gasteiger partial charge is 0.326 e. The standard InChI is InChI=1S/C17H19NO4/c1-10(15-9-12-5-3-4-6-14(12)22-15)16(19)18(13-7-8-13)11(2)17(20)21/h3-6,9-11,13H,7-8H2,1-2H3,(H,20,21). The second-order valence-electron chi connectivity index (χ2n) is 5.90. The van der Waals surface area contributed by atoms with Gasteiger partial charge in [-0.2, -0.15) is 0 Å². The molecule has 2 unspecified atom stereocenters. The number of nitrogens with zero attached hydrogens (tertiary/aromatic N) is 1. The van der Waals surface area contributed by atoms with Crippen LogP contribution in [-0.2, 0) is 9.59 Å². The van der Waals surface area contributed by atoms with E-state index in [1.54, 1.807) is 13.8 Å². The van der Waals surface area contributed by atoms with Crippen molar-refractivity contribution in [3.63, 3.8) is 0 Å². The van der Waals surface area contributed by atoms with E-state index in [1.807, 2.05) is 30.3 Å². The first-order chi connectivity index (χ1) is 10.5. The molecule has 3 rings (SSSR count). The normalized spacial score (nSPS) is 17.2. The molecule has 116 valence electrons. The first kappa shape index (κ1) is 14.6. The molecule has 1 aliphatic rings. The van der Waals surface area contributed by atoms with Crippen LogP contribution < -0.4 is 0 Å². The van der Waals surface area contributed by atoms with Gasteiger partial charge in [-0.1, -0.05) is 18.2 Å². The van der Waals surface area contributed by atoms with Gasteiger partial charge in [-0.25, -0.2) is 4.79 Å². The molecular formula is C17H19NO4. The van der Waals surface area contributed by atoms with Gasteiger partial charge in [0.2, 0.25) is 5.91 Å². The molecule has 1 aliphatic carbocycles. The van der Waals surface area contributed by atoms with E-state index in [2.05, 4.69) is 0 Å². The highest BCUT2D eigenvalue weighted by Crippen LogP contribution is 2.33. The minimum atomic E-state index is -0.975. The molecule has 0 aliphatic heterocycles. The second-order valence-corrected chi connectivity index (χ2v) is 5.90. The van der Waals surface area contributed by atoms with E-state index in [9.17, 15) is 14.7 Å². The van der Waals surface area contributed by atoms with Crippen LogP contribution in [0.5, 0.6) is 0 Å². The van der Waals surface area contributed by atoms with Gasteiger partial charge in [0.15, 0.2) is 0 Å². The first-order valence-electron chi connectivity index (χ1n) is 7.52. The first-order valence-corrected chi connectivity index (χ1v) is 7.52. The van der Waals surface area contributed by atoms with Crippen molar-refractivity contribution in [2.24, 2.45) is 0 Å². The van der Waals surface area contributed by atoms with Gasteiger partial charge in [-0.3, -0.25) is 4.79 Å². The van der Waals surface area contributed by atoms with Crippen LogP contribution in [0.3, 0.4) is 0 Å². The van der Waals surface area contributed by atoms with Crippen molar-refractivity contribution in [2.75, 3.05) is 0 Å². The lowest BCUT2D eigenvalue weighted by Crippen LogP contribution is -2.46. The Balaban J connectivity index is 1.87. The minimum absolute atomic E-state index is 0.0467. The third-order valence-corrected chi connectivity index (χ3v) is 4.21. The highest BCUT2D eigenvalue weighted by molar-refractivity contribution is 5.89. The molecule has 0 spiro atoms. The predicted octanol–water partition coefficient (Wildman–Crippen LogP) is 3.00. The summed E-state index contributed by atoms with van der Waals surface area (Å²) in [4.78, 5) is 25.5. The monoisotopic (exact) mass is 301 g/mol. The van der Waals surface area contributed by atoms with Gasteiger partial charge < -0.3 is 14.4 Å². The van der Waals surface area contributed by atoms with Crippen molar-refractivity contribution < 1.29 is 19.1 Å². The topological polar surface area (TPSA) is 70.8 Å². The third-order valence-electron chi connectivity index (χ3n) is 4.21. The molecule has 1 fully saturated rings. The molecule has 0 bridgehead atoms. The van der Waals surface area contributed by atoms with Crippen LogP contribution in [0.1, 0.15) is 38.4 Å². The van der Waals surface area contributed by atoms with Crippen LogP contribution in [-0.4, -0.2) is 34.0 Å². The Hall–Kier alpha value is -2.30. The molecule has 1 amide bonds. The summed E-state index contributed by atoms with van der Waals surface area (Å²) in [6, 6.07) is 8.67. The molecule has 1 aromatic carbocycles. The number of hydrogen-bond donors (Lipinski definition) is 1. The zero-order chi connectivity index (χ0) is 15.9. The Bertz CT molecular complexity index is 683. The Morgan fingerprint density at radius 3 is 2.55 bits per heavy atom. The van der Waals surface area contributed by atoms with Crippen molar-refractivity contribution in [3.05, 3.63) is 36.1 Å². The van der Waals surface area contributed by atoms with E-state index in [0.29, 0.717) is 5.76 Å². The average Bonchev–Trinajstić information content (AvgIpc) is 3.23. The number of rotatable bonds is 5. The summed E-state index contributed by atoms with van der Waals surface area (Å²) in [5, 5.41) is 10.2. The maximum absolute atomic E-state index is 12.8. The largest absolute Gasteiger partial charge is 0.480 e. The number of para-hydroxylation sites is 1. The number of hydrogen-bond acceptors (Lipinski definition) is 3. The predicted molar refractivity (Wildman–Crippen MR) is 81.6 cm³/mol. The summed E-state index contributed by atoms with van der Waals surface area (Å²) in [6.45, 7) is 3.33. The van der Waals surface area contributed by atoms with Crippen LogP contribution in [0.25, 0.3) is 11.0 Å². The maximum atomic E-state index is 12.8. The molecule has 1 aromatic heterocycles. The van der Waals surface area contributed by atoms with Crippen molar-refractivity contribution in [1.82, 2.24) is 4.90 Å². The Kier molecular flexibility index (Phi) is 3.64. The average molecular weight is 301 g/mol. The minimum Gasteiger partial charge on any atom is -0.480 e. The molecule has 2 atom stereocenters. The van der Waals surface area contributed by atoms with Gasteiger partial charge >= 0.3 is 5.97 Å². The van der Waals surface area contributed by atoms with E-state index in [-0.39, 0.29) is 11.9 Å². The molecule has 0 radical (unpaired) electrons. The number of carbonyl (C=O) groups is 2. The maximum Gasteiger partial charge on any atom is 0.326 e. The molecule has 5 heteroatoms. The van der Waals surface area contributed by atoms with Crippen LogP contribution >= 0.6 is 0 Å². The highest BCUT2D eigenvalue weighted by Gasteiger charge is 2.40. The van der Waals surface area contributed by atoms with E-state index in [1.165, 1.54) is 4.90 Å². The number of carboxylic acids is 1. The summed E-state index contributed by atoms with van der Waals surface area (Å²) in [5.74, 6) is -1.07. The summed E-state index contributed by atoms with van der Waals surface area (Å²) < 4.78 is 5.75. The summed E-state index contributed by atoms with van der Waals surface area (Å²) in [7, 11) is 0. The SMILES string of the molecule is CC(C(=O)N(C1CC1)C(C)C(=O)O)c1cc2ccccc2o1. The van der Waals surface area contributed by atoms with Crippen LogP contribution in [0.2, 0.25) is 0 Å². The zero-order valence-electron chi connectivity index (χ0n) is 12.7. The lowest BCUT2D eigenvalue weighted by atomic mass is 10.1. The van der Waals surface area contributed by atoms with Crippen LogP contribution in [0.15, 0.2) is 34.7 Å². The number of aliphatic carboxylic acids is 1. The molecule has 1 N–H and O–H groups in total.